The summed E-state index contributed by atoms with van der Waals surface area (Å²) < 4.78 is 16.3. The second-order valence-corrected chi connectivity index (χ2v) is 7.51. The van der Waals surface area contributed by atoms with Crippen LogP contribution in [-0.2, 0) is 14.3 Å². The summed E-state index contributed by atoms with van der Waals surface area (Å²) in [7, 11) is 4.56. The minimum absolute atomic E-state index is 0.354. The molecule has 0 saturated carbocycles. The van der Waals surface area contributed by atoms with Crippen molar-refractivity contribution in [3.05, 3.63) is 28.2 Å². The highest BCUT2D eigenvalue weighted by Gasteiger charge is 2.25. The van der Waals surface area contributed by atoms with Gasteiger partial charge in [-0.05, 0) is 60.8 Å². The van der Waals surface area contributed by atoms with Crippen molar-refractivity contribution in [3.8, 4) is 5.75 Å². The average Bonchev–Trinajstić information content (AvgIpc) is 2.54. The number of benzene rings is 1. The molecule has 0 N–H and O–H groups in total. The molecule has 6 nitrogen and oxygen atoms in total. The van der Waals surface area contributed by atoms with Crippen LogP contribution in [0.25, 0.3) is 0 Å². The van der Waals surface area contributed by atoms with Gasteiger partial charge in [-0.2, -0.15) is 0 Å². The lowest BCUT2D eigenvalue weighted by Crippen LogP contribution is -2.35. The molecule has 0 saturated heterocycles. The first-order valence-electron chi connectivity index (χ1n) is 7.94. The minimum Gasteiger partial charge on any atom is -0.496 e. The van der Waals surface area contributed by atoms with E-state index in [1.807, 2.05) is 32.9 Å². The Morgan fingerprint density at radius 1 is 1.24 bits per heavy atom. The lowest BCUT2D eigenvalue weighted by molar-refractivity contribution is -0.142. The number of esters is 1. The van der Waals surface area contributed by atoms with Crippen molar-refractivity contribution in [1.29, 1.82) is 0 Å². The maximum absolute atomic E-state index is 12.2. The van der Waals surface area contributed by atoms with Gasteiger partial charge < -0.3 is 19.1 Å². The summed E-state index contributed by atoms with van der Waals surface area (Å²) in [5.41, 5.74) is 0.205. The third-order valence-electron chi connectivity index (χ3n) is 3.52. The quantitative estimate of drug-likeness (QED) is 0.657. The fourth-order valence-corrected chi connectivity index (χ4v) is 2.62. The molecule has 140 valence electrons. The van der Waals surface area contributed by atoms with Gasteiger partial charge in [0.25, 0.3) is 0 Å². The summed E-state index contributed by atoms with van der Waals surface area (Å²) in [5, 5.41) is 0. The molecule has 1 aromatic rings. The standard InChI is InChI=1S/C18H26BrNO5/c1-18(2,3)25-17(22)20(4)10-9-13(16(21)24-6)12-7-8-14(19)15(11-12)23-5/h7-8,11,13H,9-10H2,1-6H3. The van der Waals surface area contributed by atoms with Gasteiger partial charge in [0.15, 0.2) is 0 Å². The maximum atomic E-state index is 12.2. The van der Waals surface area contributed by atoms with Crippen LogP contribution in [-0.4, -0.2) is 50.4 Å². The molecular weight excluding hydrogens is 390 g/mol. The zero-order valence-electron chi connectivity index (χ0n) is 15.6. The summed E-state index contributed by atoms with van der Waals surface area (Å²) in [4.78, 5) is 25.7. The smallest absolute Gasteiger partial charge is 0.410 e. The van der Waals surface area contributed by atoms with E-state index in [4.69, 9.17) is 14.2 Å². The molecule has 0 aliphatic carbocycles. The Morgan fingerprint density at radius 2 is 1.88 bits per heavy atom. The number of hydrogen-bond donors (Lipinski definition) is 0. The predicted octanol–water partition coefficient (Wildman–Crippen LogP) is 3.97. The molecular formula is C18H26BrNO5. The molecule has 0 fully saturated rings. The van der Waals surface area contributed by atoms with Crippen LogP contribution in [0.3, 0.4) is 0 Å². The van der Waals surface area contributed by atoms with Gasteiger partial charge in [0.1, 0.15) is 11.4 Å². The van der Waals surface area contributed by atoms with Gasteiger partial charge >= 0.3 is 12.1 Å². The zero-order valence-corrected chi connectivity index (χ0v) is 17.2. The predicted molar refractivity (Wildman–Crippen MR) is 98.9 cm³/mol. The minimum atomic E-state index is -0.563. The van der Waals surface area contributed by atoms with E-state index < -0.39 is 17.6 Å². The number of hydrogen-bond acceptors (Lipinski definition) is 5. The zero-order chi connectivity index (χ0) is 19.2. The van der Waals surface area contributed by atoms with Gasteiger partial charge in [-0.3, -0.25) is 4.79 Å². The SMILES string of the molecule is COC(=O)C(CCN(C)C(=O)OC(C)(C)C)c1ccc(Br)c(OC)c1. The van der Waals surface area contributed by atoms with Gasteiger partial charge in [-0.25, -0.2) is 4.79 Å². The van der Waals surface area contributed by atoms with Crippen molar-refractivity contribution in [2.75, 3.05) is 27.8 Å². The Balaban J connectivity index is 2.88. The summed E-state index contributed by atoms with van der Waals surface area (Å²) in [6, 6.07) is 5.45. The van der Waals surface area contributed by atoms with E-state index in [1.165, 1.54) is 12.0 Å². The Hall–Kier alpha value is -1.76. The number of halogens is 1. The van der Waals surface area contributed by atoms with Crippen molar-refractivity contribution in [2.24, 2.45) is 0 Å². The maximum Gasteiger partial charge on any atom is 0.410 e. The third kappa shape index (κ3) is 6.57. The van der Waals surface area contributed by atoms with Gasteiger partial charge in [-0.15, -0.1) is 0 Å². The Kier molecular flexibility index (Phi) is 7.73. The number of amides is 1. The van der Waals surface area contributed by atoms with Gasteiger partial charge in [0.05, 0.1) is 24.6 Å². The number of ether oxygens (including phenoxy) is 3. The van der Waals surface area contributed by atoms with Gasteiger partial charge in [-0.1, -0.05) is 6.07 Å². The van der Waals surface area contributed by atoms with Crippen LogP contribution >= 0.6 is 15.9 Å². The van der Waals surface area contributed by atoms with E-state index in [0.717, 1.165) is 10.0 Å². The Bertz CT molecular complexity index is 612. The molecule has 0 aliphatic heterocycles. The summed E-state index contributed by atoms with van der Waals surface area (Å²) in [6.07, 6.45) is -0.0165. The lowest BCUT2D eigenvalue weighted by atomic mass is 9.95. The number of carbonyl (C=O) groups excluding carboxylic acids is 2. The molecule has 0 bridgehead atoms. The van der Waals surface area contributed by atoms with Crippen LogP contribution < -0.4 is 4.74 Å². The second-order valence-electron chi connectivity index (χ2n) is 6.66. The topological polar surface area (TPSA) is 65.1 Å². The molecule has 7 heteroatoms. The monoisotopic (exact) mass is 415 g/mol. The fraction of sp³-hybridized carbons (Fsp3) is 0.556. The first-order chi connectivity index (χ1) is 11.6. The summed E-state index contributed by atoms with van der Waals surface area (Å²) >= 11 is 3.39. The van der Waals surface area contributed by atoms with Crippen molar-refractivity contribution in [3.63, 3.8) is 0 Å². The highest BCUT2D eigenvalue weighted by atomic mass is 79.9. The number of methoxy groups -OCH3 is 2. The van der Waals surface area contributed by atoms with Crippen LogP contribution in [0, 0.1) is 0 Å². The molecule has 1 rings (SSSR count). The second kappa shape index (κ2) is 9.08. The molecule has 1 unspecified atom stereocenters. The van der Waals surface area contributed by atoms with Gasteiger partial charge in [0, 0.05) is 13.6 Å². The first-order valence-corrected chi connectivity index (χ1v) is 8.73. The first kappa shape index (κ1) is 21.3. The Morgan fingerprint density at radius 3 is 2.40 bits per heavy atom. The Labute approximate surface area is 157 Å². The van der Waals surface area contributed by atoms with E-state index in [1.54, 1.807) is 20.2 Å². The normalized spacial score (nSPS) is 12.3. The third-order valence-corrected chi connectivity index (χ3v) is 4.18. The molecule has 1 atom stereocenters. The van der Waals surface area contributed by atoms with Crippen LogP contribution in [0.4, 0.5) is 4.79 Å². The van der Waals surface area contributed by atoms with Crippen molar-refractivity contribution in [2.45, 2.75) is 38.7 Å². The molecule has 0 radical (unpaired) electrons. The van der Waals surface area contributed by atoms with E-state index in [0.29, 0.717) is 18.7 Å². The molecule has 0 heterocycles. The fourth-order valence-electron chi connectivity index (χ4n) is 2.21. The van der Waals surface area contributed by atoms with Crippen LogP contribution in [0.5, 0.6) is 5.75 Å². The van der Waals surface area contributed by atoms with Crippen molar-refractivity contribution < 1.29 is 23.8 Å². The van der Waals surface area contributed by atoms with E-state index in [2.05, 4.69) is 15.9 Å². The molecule has 0 spiro atoms. The summed E-state index contributed by atoms with van der Waals surface area (Å²) in [5.74, 6) is -0.231. The molecule has 1 aromatic carbocycles. The molecule has 0 aliphatic rings. The van der Waals surface area contributed by atoms with E-state index >= 15 is 0 Å². The summed E-state index contributed by atoms with van der Waals surface area (Å²) in [6.45, 7) is 5.78. The van der Waals surface area contributed by atoms with Crippen molar-refractivity contribution in [1.82, 2.24) is 4.90 Å². The van der Waals surface area contributed by atoms with Crippen LogP contribution in [0.2, 0.25) is 0 Å². The lowest BCUT2D eigenvalue weighted by Gasteiger charge is -2.25. The van der Waals surface area contributed by atoms with Crippen LogP contribution in [0.15, 0.2) is 22.7 Å². The van der Waals surface area contributed by atoms with Crippen molar-refractivity contribution >= 4 is 28.0 Å². The van der Waals surface area contributed by atoms with Gasteiger partial charge in [0.2, 0.25) is 0 Å². The highest BCUT2D eigenvalue weighted by molar-refractivity contribution is 9.10. The number of carbonyl (C=O) groups is 2. The number of nitrogens with zero attached hydrogens (tertiary/aromatic N) is 1. The largest absolute Gasteiger partial charge is 0.496 e. The average molecular weight is 416 g/mol. The number of rotatable bonds is 6. The molecule has 25 heavy (non-hydrogen) atoms. The molecule has 0 aromatic heterocycles. The highest BCUT2D eigenvalue weighted by Crippen LogP contribution is 2.31. The van der Waals surface area contributed by atoms with Crippen LogP contribution in [0.1, 0.15) is 38.7 Å². The molecule has 1 amide bonds. The van der Waals surface area contributed by atoms with E-state index in [9.17, 15) is 9.59 Å². The van der Waals surface area contributed by atoms with E-state index in [-0.39, 0.29) is 5.97 Å².